The Bertz CT molecular complexity index is 1070. The summed E-state index contributed by atoms with van der Waals surface area (Å²) in [6, 6.07) is 4.07. The third kappa shape index (κ3) is 4.91. The number of hydrogen-bond acceptors (Lipinski definition) is 6. The van der Waals surface area contributed by atoms with Gasteiger partial charge in [-0.3, -0.25) is 0 Å². The molecule has 1 aromatic carbocycles. The first-order chi connectivity index (χ1) is 16.6. The number of anilines is 2. The number of hydrogen-bond donors (Lipinski definition) is 3. The second-order valence-electron chi connectivity index (χ2n) is 8.67. The average Bonchev–Trinajstić information content (AvgIpc) is 2.81. The molecule has 0 saturated carbocycles. The molecule has 10 heteroatoms. The van der Waals surface area contributed by atoms with Crippen molar-refractivity contribution in [2.24, 2.45) is 5.92 Å². The quantitative estimate of drug-likeness (QED) is 0.619. The third-order valence-electron chi connectivity index (χ3n) is 6.26. The van der Waals surface area contributed by atoms with Crippen molar-refractivity contribution in [1.82, 2.24) is 15.2 Å². The smallest absolute Gasteiger partial charge is 0.321 e. The Kier molecular flexibility index (Phi) is 6.48. The van der Waals surface area contributed by atoms with Crippen LogP contribution in [-0.4, -0.2) is 61.9 Å². The van der Waals surface area contributed by atoms with E-state index in [0.717, 1.165) is 18.7 Å². The molecule has 2 saturated heterocycles. The van der Waals surface area contributed by atoms with E-state index in [1.807, 2.05) is 0 Å². The summed E-state index contributed by atoms with van der Waals surface area (Å²) in [6.45, 7) is 4.22. The Morgan fingerprint density at radius 2 is 1.91 bits per heavy atom. The van der Waals surface area contributed by atoms with E-state index in [-0.39, 0.29) is 11.6 Å². The number of nitrogens with one attached hydrogen (secondary N) is 3. The Balaban J connectivity index is 1.19. The van der Waals surface area contributed by atoms with Gasteiger partial charge in [-0.25, -0.2) is 18.6 Å². The van der Waals surface area contributed by atoms with E-state index in [2.05, 4.69) is 20.9 Å². The number of nitrogens with zero attached hydrogens (tertiary/aromatic N) is 2. The summed E-state index contributed by atoms with van der Waals surface area (Å²) in [5, 5.41) is 9.12. The molecule has 0 aliphatic carbocycles. The van der Waals surface area contributed by atoms with E-state index in [0.29, 0.717) is 74.6 Å². The van der Waals surface area contributed by atoms with Crippen LogP contribution < -0.4 is 25.4 Å². The van der Waals surface area contributed by atoms with Crippen LogP contribution in [0.2, 0.25) is 0 Å². The van der Waals surface area contributed by atoms with Gasteiger partial charge in [0.25, 0.3) is 5.88 Å². The molecule has 34 heavy (non-hydrogen) atoms. The molecule has 0 spiro atoms. The summed E-state index contributed by atoms with van der Waals surface area (Å²) >= 11 is 0. The van der Waals surface area contributed by atoms with Crippen molar-refractivity contribution in [2.75, 3.05) is 56.6 Å². The maximum absolute atomic E-state index is 14.6. The van der Waals surface area contributed by atoms with Crippen LogP contribution in [0, 0.1) is 17.6 Å². The van der Waals surface area contributed by atoms with E-state index >= 15 is 0 Å². The fraction of sp³-hybridized carbons (Fsp3) is 0.417. The van der Waals surface area contributed by atoms with Gasteiger partial charge >= 0.3 is 6.03 Å². The third-order valence-corrected chi connectivity index (χ3v) is 6.26. The molecule has 0 bridgehead atoms. The minimum Gasteiger partial charge on any atom is -0.483 e. The molecule has 2 aromatic rings. The van der Waals surface area contributed by atoms with Gasteiger partial charge in [-0.2, -0.15) is 0 Å². The molecule has 8 nitrogen and oxygen atoms in total. The predicted molar refractivity (Wildman–Crippen MR) is 124 cm³/mol. The van der Waals surface area contributed by atoms with E-state index in [9.17, 15) is 13.6 Å². The number of aromatic nitrogens is 1. The van der Waals surface area contributed by atoms with Crippen LogP contribution in [0.3, 0.4) is 0 Å². The number of pyridine rings is 1. The van der Waals surface area contributed by atoms with Crippen molar-refractivity contribution in [3.63, 3.8) is 0 Å². The number of urea groups is 1. The lowest BCUT2D eigenvalue weighted by Gasteiger charge is -2.29. The molecule has 1 aromatic heterocycles. The van der Waals surface area contributed by atoms with Crippen LogP contribution in [0.4, 0.5) is 25.0 Å². The average molecular weight is 472 g/mol. The van der Waals surface area contributed by atoms with Crippen LogP contribution in [-0.2, 0) is 0 Å². The molecule has 5 rings (SSSR count). The minimum absolute atomic E-state index is 0.0377. The van der Waals surface area contributed by atoms with Gasteiger partial charge in [0.2, 0.25) is 5.75 Å². The SMILES string of the molecule is O=C(Nc1ccnc2c1OCCO2)N1CCC(=Cc2c(F)cc(NCC3CNC3)cc2F)CC1. The zero-order valence-electron chi connectivity index (χ0n) is 18.7. The Hall–Kier alpha value is -3.40. The summed E-state index contributed by atoms with van der Waals surface area (Å²) < 4.78 is 40.3. The van der Waals surface area contributed by atoms with Gasteiger partial charge in [0.15, 0.2) is 0 Å². The fourth-order valence-electron chi connectivity index (χ4n) is 4.17. The highest BCUT2D eigenvalue weighted by atomic mass is 19.1. The maximum atomic E-state index is 14.6. The monoisotopic (exact) mass is 471 g/mol. The second kappa shape index (κ2) is 9.84. The van der Waals surface area contributed by atoms with E-state index in [1.165, 1.54) is 12.1 Å². The van der Waals surface area contributed by atoms with Crippen molar-refractivity contribution in [3.8, 4) is 11.6 Å². The topological polar surface area (TPSA) is 87.8 Å². The molecular formula is C24H27F2N5O3. The van der Waals surface area contributed by atoms with Crippen molar-refractivity contribution in [2.45, 2.75) is 12.8 Å². The van der Waals surface area contributed by atoms with Crippen LogP contribution in [0.1, 0.15) is 18.4 Å². The summed E-state index contributed by atoms with van der Waals surface area (Å²) in [5.41, 5.74) is 1.82. The molecule has 0 unspecified atom stereocenters. The first-order valence-corrected chi connectivity index (χ1v) is 11.5. The number of likely N-dealkylation sites (tertiary alicyclic amines) is 1. The van der Waals surface area contributed by atoms with Crippen LogP contribution in [0.25, 0.3) is 6.08 Å². The van der Waals surface area contributed by atoms with E-state index < -0.39 is 11.6 Å². The number of halogens is 2. The Morgan fingerprint density at radius 3 is 2.62 bits per heavy atom. The lowest BCUT2D eigenvalue weighted by Crippen LogP contribution is -2.45. The number of benzene rings is 1. The molecule has 180 valence electrons. The zero-order valence-corrected chi connectivity index (χ0v) is 18.7. The van der Waals surface area contributed by atoms with Gasteiger partial charge < -0.3 is 30.3 Å². The summed E-state index contributed by atoms with van der Waals surface area (Å²) in [4.78, 5) is 18.5. The largest absolute Gasteiger partial charge is 0.483 e. The molecule has 0 atom stereocenters. The first kappa shape index (κ1) is 22.4. The second-order valence-corrected chi connectivity index (χ2v) is 8.67. The predicted octanol–water partition coefficient (Wildman–Crippen LogP) is 3.47. The highest BCUT2D eigenvalue weighted by Gasteiger charge is 2.24. The van der Waals surface area contributed by atoms with Gasteiger partial charge in [0.05, 0.1) is 5.69 Å². The molecule has 3 aliphatic rings. The maximum Gasteiger partial charge on any atom is 0.321 e. The fourth-order valence-corrected chi connectivity index (χ4v) is 4.17. The van der Waals surface area contributed by atoms with Crippen molar-refractivity contribution >= 4 is 23.5 Å². The van der Waals surface area contributed by atoms with Crippen LogP contribution in [0.5, 0.6) is 11.6 Å². The molecule has 4 heterocycles. The number of carbonyl (C=O) groups excluding carboxylic acids is 1. The van der Waals surface area contributed by atoms with Gasteiger partial charge in [0.1, 0.15) is 24.8 Å². The Labute approximate surface area is 196 Å². The van der Waals surface area contributed by atoms with Gasteiger partial charge in [-0.05, 0) is 37.1 Å². The van der Waals surface area contributed by atoms with Crippen LogP contribution >= 0.6 is 0 Å². The van der Waals surface area contributed by atoms with E-state index in [1.54, 1.807) is 23.2 Å². The zero-order chi connectivity index (χ0) is 23.5. The number of rotatable bonds is 5. The molecule has 2 fully saturated rings. The normalized spacial score (nSPS) is 17.7. The lowest BCUT2D eigenvalue weighted by molar-refractivity contribution is 0.165. The summed E-state index contributed by atoms with van der Waals surface area (Å²) in [7, 11) is 0. The summed E-state index contributed by atoms with van der Waals surface area (Å²) in [6.07, 6.45) is 4.20. The number of fused-ring (bicyclic) bond motifs is 1. The number of amides is 2. The van der Waals surface area contributed by atoms with Crippen molar-refractivity contribution in [1.29, 1.82) is 0 Å². The molecular weight excluding hydrogens is 444 g/mol. The van der Waals surface area contributed by atoms with Gasteiger partial charge in [-0.1, -0.05) is 5.57 Å². The highest BCUT2D eigenvalue weighted by molar-refractivity contribution is 5.91. The molecule has 2 amide bonds. The lowest BCUT2D eigenvalue weighted by atomic mass is 10.00. The summed E-state index contributed by atoms with van der Waals surface area (Å²) in [5.74, 6) is 0.0875. The highest BCUT2D eigenvalue weighted by Crippen LogP contribution is 2.35. The van der Waals surface area contributed by atoms with Crippen molar-refractivity contribution in [3.05, 3.63) is 47.2 Å². The first-order valence-electron chi connectivity index (χ1n) is 11.5. The standard InChI is InChI=1S/C24H27F2N5O3/c25-19-10-17(29-14-16-12-27-13-16)11-20(26)18(19)9-15-2-5-31(6-3-15)24(32)30-21-1-4-28-23-22(21)33-7-8-34-23/h1,4,9-11,16,27,29H,2-3,5-8,12-14H2,(H,28,30,32). The van der Waals surface area contributed by atoms with Gasteiger partial charge in [-0.15, -0.1) is 0 Å². The number of carbonyl (C=O) groups is 1. The van der Waals surface area contributed by atoms with Crippen LogP contribution in [0.15, 0.2) is 30.0 Å². The minimum atomic E-state index is -0.591. The molecule has 3 aliphatic heterocycles. The number of piperidine rings is 1. The Morgan fingerprint density at radius 1 is 1.18 bits per heavy atom. The molecule has 0 radical (unpaired) electrons. The number of ether oxygens (including phenoxy) is 2. The molecule has 3 N–H and O–H groups in total. The van der Waals surface area contributed by atoms with Crippen molar-refractivity contribution < 1.29 is 23.0 Å². The van der Waals surface area contributed by atoms with Gasteiger partial charge in [0, 0.05) is 56.1 Å². The van der Waals surface area contributed by atoms with E-state index in [4.69, 9.17) is 9.47 Å².